The van der Waals surface area contributed by atoms with E-state index in [-0.39, 0.29) is 18.5 Å². The number of amides is 1. The maximum Gasteiger partial charge on any atom is 0.413 e. The summed E-state index contributed by atoms with van der Waals surface area (Å²) in [5, 5.41) is 2.42. The molecule has 0 aliphatic heterocycles. The predicted octanol–water partition coefficient (Wildman–Crippen LogP) is 2.86. The topological polar surface area (TPSA) is 76.7 Å². The summed E-state index contributed by atoms with van der Waals surface area (Å²) >= 11 is 0. The molecule has 0 saturated carbocycles. The van der Waals surface area contributed by atoms with Gasteiger partial charge in [-0.3, -0.25) is 10.3 Å². The Kier molecular flexibility index (Phi) is 4.28. The van der Waals surface area contributed by atoms with E-state index in [0.29, 0.717) is 6.54 Å². The minimum atomic E-state index is -0.582. The van der Waals surface area contributed by atoms with Crippen LogP contribution < -0.4 is 11.1 Å². The fraction of sp³-hybridized carbons (Fsp3) is 0.222. The van der Waals surface area contributed by atoms with Crippen molar-refractivity contribution in [3.8, 4) is 11.1 Å². The van der Waals surface area contributed by atoms with E-state index in [1.807, 2.05) is 31.2 Å². The molecule has 0 aromatic heterocycles. The van der Waals surface area contributed by atoms with Crippen molar-refractivity contribution in [2.45, 2.75) is 12.8 Å². The molecule has 0 radical (unpaired) electrons. The zero-order chi connectivity index (χ0) is 16.2. The number of aliphatic imine (C=N–C) groups is 1. The van der Waals surface area contributed by atoms with Gasteiger partial charge in [0, 0.05) is 12.5 Å². The highest BCUT2D eigenvalue weighted by molar-refractivity contribution is 5.92. The first-order valence-corrected chi connectivity index (χ1v) is 7.62. The zero-order valence-electron chi connectivity index (χ0n) is 13.0. The Hall–Kier alpha value is -2.82. The number of nitrogens with two attached hydrogens (primary N) is 1. The molecule has 0 fully saturated rings. The van der Waals surface area contributed by atoms with Gasteiger partial charge >= 0.3 is 6.09 Å². The van der Waals surface area contributed by atoms with E-state index in [1.54, 1.807) is 0 Å². The molecule has 5 heteroatoms. The van der Waals surface area contributed by atoms with Crippen molar-refractivity contribution in [2.24, 2.45) is 10.7 Å². The van der Waals surface area contributed by atoms with Gasteiger partial charge in [0.15, 0.2) is 5.96 Å². The number of benzene rings is 2. The van der Waals surface area contributed by atoms with Gasteiger partial charge in [0.05, 0.1) is 0 Å². The van der Waals surface area contributed by atoms with Gasteiger partial charge in [-0.15, -0.1) is 0 Å². The number of guanidine groups is 1. The number of nitrogens with one attached hydrogen (secondary N) is 1. The minimum absolute atomic E-state index is 0.0393. The lowest BCUT2D eigenvalue weighted by Crippen LogP contribution is -2.37. The van der Waals surface area contributed by atoms with Crippen LogP contribution in [-0.2, 0) is 4.74 Å². The summed E-state index contributed by atoms with van der Waals surface area (Å²) < 4.78 is 5.35. The Morgan fingerprint density at radius 3 is 2.26 bits per heavy atom. The summed E-state index contributed by atoms with van der Waals surface area (Å²) in [6, 6.07) is 16.4. The second-order valence-electron chi connectivity index (χ2n) is 5.31. The Morgan fingerprint density at radius 1 is 1.13 bits per heavy atom. The van der Waals surface area contributed by atoms with Gasteiger partial charge in [-0.2, -0.15) is 0 Å². The van der Waals surface area contributed by atoms with Crippen LogP contribution in [0.4, 0.5) is 4.79 Å². The molecule has 3 N–H and O–H groups in total. The van der Waals surface area contributed by atoms with Crippen molar-refractivity contribution in [2.75, 3.05) is 13.2 Å². The summed E-state index contributed by atoms with van der Waals surface area (Å²) in [5.41, 5.74) is 10.3. The number of hydrogen-bond acceptors (Lipinski definition) is 3. The number of rotatable bonds is 3. The standard InChI is InChI=1S/C18H19N3O2/c1-2-20-17(19)21-18(22)23-11-16-14-9-5-3-7-12(14)13-8-4-6-10-15(13)16/h3-10,16H,2,11H2,1H3,(H3,19,20,21,22). The average molecular weight is 309 g/mol. The highest BCUT2D eigenvalue weighted by Gasteiger charge is 2.28. The Labute approximate surface area is 135 Å². The Bertz CT molecular complexity index is 710. The van der Waals surface area contributed by atoms with E-state index in [4.69, 9.17) is 10.5 Å². The molecular formula is C18H19N3O2. The van der Waals surface area contributed by atoms with Gasteiger partial charge in [0.25, 0.3) is 0 Å². The SMILES string of the molecule is CCN=C(N)NC(=O)OCC1c2ccccc2-c2ccccc21. The summed E-state index contributed by atoms with van der Waals surface area (Å²) in [7, 11) is 0. The highest BCUT2D eigenvalue weighted by atomic mass is 16.5. The highest BCUT2D eigenvalue weighted by Crippen LogP contribution is 2.44. The fourth-order valence-corrected chi connectivity index (χ4v) is 2.95. The summed E-state index contributed by atoms with van der Waals surface area (Å²) in [4.78, 5) is 15.7. The third-order valence-electron chi connectivity index (χ3n) is 3.90. The van der Waals surface area contributed by atoms with E-state index >= 15 is 0 Å². The molecule has 1 amide bonds. The van der Waals surface area contributed by atoms with Crippen LogP contribution in [0.3, 0.4) is 0 Å². The van der Waals surface area contributed by atoms with E-state index in [0.717, 1.165) is 0 Å². The van der Waals surface area contributed by atoms with Crippen molar-refractivity contribution < 1.29 is 9.53 Å². The molecule has 1 aliphatic rings. The van der Waals surface area contributed by atoms with Crippen LogP contribution >= 0.6 is 0 Å². The number of hydrogen-bond donors (Lipinski definition) is 2. The first-order chi connectivity index (χ1) is 11.2. The molecule has 23 heavy (non-hydrogen) atoms. The van der Waals surface area contributed by atoms with Gasteiger partial charge < -0.3 is 10.5 Å². The van der Waals surface area contributed by atoms with Gasteiger partial charge in [-0.05, 0) is 29.2 Å². The smallest absolute Gasteiger partial charge is 0.413 e. The molecule has 0 bridgehead atoms. The number of ether oxygens (including phenoxy) is 1. The Balaban J connectivity index is 1.76. The molecule has 5 nitrogen and oxygen atoms in total. The van der Waals surface area contributed by atoms with E-state index in [9.17, 15) is 4.79 Å². The molecule has 0 spiro atoms. The van der Waals surface area contributed by atoms with Crippen LogP contribution in [0.15, 0.2) is 53.5 Å². The number of carbonyl (C=O) groups excluding carboxylic acids is 1. The van der Waals surface area contributed by atoms with Gasteiger partial charge in [0.2, 0.25) is 0 Å². The van der Waals surface area contributed by atoms with Crippen molar-refractivity contribution in [1.29, 1.82) is 0 Å². The summed E-state index contributed by atoms with van der Waals surface area (Å²) in [6.45, 7) is 2.61. The van der Waals surface area contributed by atoms with Crippen molar-refractivity contribution in [3.63, 3.8) is 0 Å². The van der Waals surface area contributed by atoms with Gasteiger partial charge in [0.1, 0.15) is 6.61 Å². The average Bonchev–Trinajstić information content (AvgIpc) is 2.87. The first kappa shape index (κ1) is 15.1. The number of alkyl carbamates (subject to hydrolysis) is 1. The monoisotopic (exact) mass is 309 g/mol. The molecule has 3 rings (SSSR count). The zero-order valence-corrected chi connectivity index (χ0v) is 13.0. The molecule has 0 heterocycles. The Morgan fingerprint density at radius 2 is 1.70 bits per heavy atom. The maximum absolute atomic E-state index is 11.8. The van der Waals surface area contributed by atoms with Crippen LogP contribution in [-0.4, -0.2) is 25.2 Å². The molecule has 2 aromatic rings. The first-order valence-electron chi connectivity index (χ1n) is 7.62. The van der Waals surface area contributed by atoms with Crippen molar-refractivity contribution in [1.82, 2.24) is 5.32 Å². The van der Waals surface area contributed by atoms with Crippen molar-refractivity contribution >= 4 is 12.1 Å². The predicted molar refractivity (Wildman–Crippen MR) is 90.4 cm³/mol. The maximum atomic E-state index is 11.8. The van der Waals surface area contributed by atoms with E-state index < -0.39 is 6.09 Å². The lowest BCUT2D eigenvalue weighted by molar-refractivity contribution is 0.148. The van der Waals surface area contributed by atoms with E-state index in [1.165, 1.54) is 22.3 Å². The van der Waals surface area contributed by atoms with Crippen LogP contribution in [0.25, 0.3) is 11.1 Å². The second kappa shape index (κ2) is 6.52. The second-order valence-corrected chi connectivity index (χ2v) is 5.31. The van der Waals surface area contributed by atoms with E-state index in [2.05, 4.69) is 34.6 Å². The number of nitrogens with zero attached hydrogens (tertiary/aromatic N) is 1. The normalized spacial score (nSPS) is 13.3. The molecular weight excluding hydrogens is 290 g/mol. The van der Waals surface area contributed by atoms with Crippen LogP contribution in [0.2, 0.25) is 0 Å². The lowest BCUT2D eigenvalue weighted by Gasteiger charge is -2.14. The molecule has 0 saturated heterocycles. The largest absolute Gasteiger partial charge is 0.448 e. The molecule has 0 atom stereocenters. The van der Waals surface area contributed by atoms with Crippen LogP contribution in [0.1, 0.15) is 24.0 Å². The summed E-state index contributed by atoms with van der Waals surface area (Å²) in [5.74, 6) is 0.113. The number of fused-ring (bicyclic) bond motifs is 3. The van der Waals surface area contributed by atoms with Crippen LogP contribution in [0, 0.1) is 0 Å². The number of carbonyl (C=O) groups is 1. The van der Waals surface area contributed by atoms with Gasteiger partial charge in [-0.1, -0.05) is 48.5 Å². The molecule has 1 aliphatic carbocycles. The third-order valence-corrected chi connectivity index (χ3v) is 3.90. The quantitative estimate of drug-likeness (QED) is 0.676. The summed E-state index contributed by atoms with van der Waals surface area (Å²) in [6.07, 6.45) is -0.582. The van der Waals surface area contributed by atoms with Gasteiger partial charge in [-0.25, -0.2) is 4.79 Å². The van der Waals surface area contributed by atoms with Crippen LogP contribution in [0.5, 0.6) is 0 Å². The third kappa shape index (κ3) is 3.04. The molecule has 2 aromatic carbocycles. The lowest BCUT2D eigenvalue weighted by atomic mass is 9.98. The minimum Gasteiger partial charge on any atom is -0.448 e. The fourth-order valence-electron chi connectivity index (χ4n) is 2.95. The molecule has 118 valence electrons. The van der Waals surface area contributed by atoms with Crippen molar-refractivity contribution in [3.05, 3.63) is 59.7 Å². The molecule has 0 unspecified atom stereocenters.